The van der Waals surface area contributed by atoms with Crippen LogP contribution < -0.4 is 4.74 Å². The first-order valence-electron chi connectivity index (χ1n) is 6.33. The molecule has 1 heteroatoms. The normalized spacial score (nSPS) is 19.6. The maximum absolute atomic E-state index is 5.89. The van der Waals surface area contributed by atoms with Crippen LogP contribution in [0.25, 0.3) is 0 Å². The molecule has 1 aliphatic carbocycles. The number of aryl methyl sites for hydroxylation is 1. The zero-order valence-corrected chi connectivity index (χ0v) is 10.9. The van der Waals surface area contributed by atoms with E-state index in [0.717, 1.165) is 24.4 Å². The Kier molecular flexibility index (Phi) is 3.68. The van der Waals surface area contributed by atoms with E-state index in [-0.39, 0.29) is 0 Å². The Labute approximate surface area is 104 Å². The summed E-state index contributed by atoms with van der Waals surface area (Å²) in [5.41, 5.74) is 2.78. The van der Waals surface area contributed by atoms with E-state index in [9.17, 15) is 0 Å². The van der Waals surface area contributed by atoms with E-state index in [4.69, 9.17) is 4.74 Å². The van der Waals surface area contributed by atoms with Crippen LogP contribution in [0.15, 0.2) is 47.7 Å². The van der Waals surface area contributed by atoms with Crippen molar-refractivity contribution in [3.05, 3.63) is 53.3 Å². The third-order valence-corrected chi connectivity index (χ3v) is 3.40. The van der Waals surface area contributed by atoms with Gasteiger partial charge in [0.15, 0.2) is 0 Å². The average Bonchev–Trinajstić information content (AvgIpc) is 2.35. The van der Waals surface area contributed by atoms with Gasteiger partial charge in [-0.15, -0.1) is 0 Å². The summed E-state index contributed by atoms with van der Waals surface area (Å²) in [5, 5.41) is 0. The van der Waals surface area contributed by atoms with Gasteiger partial charge in [0.2, 0.25) is 0 Å². The number of hydrogen-bond acceptors (Lipinski definition) is 1. The Morgan fingerprint density at radius 2 is 1.88 bits per heavy atom. The van der Waals surface area contributed by atoms with Crippen molar-refractivity contribution in [1.29, 1.82) is 0 Å². The highest BCUT2D eigenvalue weighted by Gasteiger charge is 2.13. The molecule has 1 aromatic rings. The molecule has 0 bridgehead atoms. The first kappa shape index (κ1) is 12.0. The Hall–Kier alpha value is -1.50. The van der Waals surface area contributed by atoms with Gasteiger partial charge in [-0.2, -0.15) is 0 Å². The minimum Gasteiger partial charge on any atom is -0.462 e. The molecule has 0 heterocycles. The lowest BCUT2D eigenvalue weighted by Gasteiger charge is -2.19. The van der Waals surface area contributed by atoms with Crippen LogP contribution in [0.2, 0.25) is 0 Å². The molecular formula is C16H20O. The maximum atomic E-state index is 5.89. The van der Waals surface area contributed by atoms with Gasteiger partial charge in [0, 0.05) is 6.42 Å². The van der Waals surface area contributed by atoms with Gasteiger partial charge in [-0.3, -0.25) is 0 Å². The summed E-state index contributed by atoms with van der Waals surface area (Å²) >= 11 is 0. The lowest BCUT2D eigenvalue weighted by molar-refractivity contribution is 0.380. The van der Waals surface area contributed by atoms with Crippen molar-refractivity contribution < 1.29 is 4.74 Å². The van der Waals surface area contributed by atoms with E-state index in [1.165, 1.54) is 11.1 Å². The smallest absolute Gasteiger partial charge is 0.126 e. The van der Waals surface area contributed by atoms with Crippen molar-refractivity contribution >= 4 is 0 Å². The maximum Gasteiger partial charge on any atom is 0.126 e. The van der Waals surface area contributed by atoms with Crippen molar-refractivity contribution in [2.45, 2.75) is 33.6 Å². The fourth-order valence-electron chi connectivity index (χ4n) is 1.94. The molecule has 0 spiro atoms. The molecule has 0 aromatic heterocycles. The van der Waals surface area contributed by atoms with E-state index in [1.54, 1.807) is 0 Å². The van der Waals surface area contributed by atoms with Crippen LogP contribution in [-0.4, -0.2) is 0 Å². The van der Waals surface area contributed by atoms with E-state index in [1.807, 2.05) is 0 Å². The summed E-state index contributed by atoms with van der Waals surface area (Å²) < 4.78 is 5.89. The van der Waals surface area contributed by atoms with Gasteiger partial charge < -0.3 is 4.74 Å². The van der Waals surface area contributed by atoms with Crippen LogP contribution in [0, 0.1) is 5.92 Å². The Balaban J connectivity index is 2.06. The lowest BCUT2D eigenvalue weighted by Crippen LogP contribution is -2.07. The van der Waals surface area contributed by atoms with Gasteiger partial charge in [0.05, 0.1) is 0 Å². The highest BCUT2D eigenvalue weighted by molar-refractivity contribution is 5.30. The van der Waals surface area contributed by atoms with Gasteiger partial charge in [0.1, 0.15) is 11.5 Å². The number of allylic oxidation sites excluding steroid dienone is 4. The van der Waals surface area contributed by atoms with Crippen LogP contribution >= 0.6 is 0 Å². The quantitative estimate of drug-likeness (QED) is 0.740. The second-order valence-electron chi connectivity index (χ2n) is 4.75. The minimum absolute atomic E-state index is 0.588. The second-order valence-corrected chi connectivity index (χ2v) is 4.75. The van der Waals surface area contributed by atoms with Crippen molar-refractivity contribution in [1.82, 2.24) is 0 Å². The zero-order valence-electron chi connectivity index (χ0n) is 10.9. The van der Waals surface area contributed by atoms with Gasteiger partial charge in [-0.25, -0.2) is 0 Å². The molecule has 0 saturated carbocycles. The first-order chi connectivity index (χ1) is 8.19. The topological polar surface area (TPSA) is 9.23 Å². The predicted molar refractivity (Wildman–Crippen MR) is 72.1 cm³/mol. The summed E-state index contributed by atoms with van der Waals surface area (Å²) in [6.07, 6.45) is 6.31. The Morgan fingerprint density at radius 1 is 1.18 bits per heavy atom. The number of benzene rings is 1. The largest absolute Gasteiger partial charge is 0.462 e. The molecule has 1 atom stereocenters. The summed E-state index contributed by atoms with van der Waals surface area (Å²) in [5.74, 6) is 2.59. The fourth-order valence-corrected chi connectivity index (χ4v) is 1.94. The predicted octanol–water partition coefficient (Wildman–Crippen LogP) is 4.50. The van der Waals surface area contributed by atoms with Crippen molar-refractivity contribution in [3.8, 4) is 5.75 Å². The molecule has 2 rings (SSSR count). The van der Waals surface area contributed by atoms with Crippen LogP contribution in [-0.2, 0) is 6.42 Å². The zero-order chi connectivity index (χ0) is 12.3. The molecule has 1 aromatic carbocycles. The molecule has 0 fully saturated rings. The molecule has 1 aliphatic rings. The lowest BCUT2D eigenvalue weighted by atomic mass is 9.94. The third-order valence-electron chi connectivity index (χ3n) is 3.40. The monoisotopic (exact) mass is 228 g/mol. The molecule has 1 nitrogen and oxygen atoms in total. The molecule has 90 valence electrons. The second kappa shape index (κ2) is 5.22. The highest BCUT2D eigenvalue weighted by Crippen LogP contribution is 2.26. The summed E-state index contributed by atoms with van der Waals surface area (Å²) in [6, 6.07) is 8.36. The molecule has 0 aliphatic heterocycles. The van der Waals surface area contributed by atoms with Gasteiger partial charge >= 0.3 is 0 Å². The molecule has 0 radical (unpaired) electrons. The van der Waals surface area contributed by atoms with Crippen molar-refractivity contribution in [2.24, 2.45) is 5.92 Å². The highest BCUT2D eigenvalue weighted by atomic mass is 16.5. The van der Waals surface area contributed by atoms with Gasteiger partial charge in [-0.05, 0) is 43.0 Å². The molecule has 17 heavy (non-hydrogen) atoms. The first-order valence-corrected chi connectivity index (χ1v) is 6.33. The SMILES string of the molecule is CCc1ccc(OC2=CC=C(C)C(C)C2)cc1. The third kappa shape index (κ3) is 3.00. The van der Waals surface area contributed by atoms with E-state index >= 15 is 0 Å². The van der Waals surface area contributed by atoms with Crippen LogP contribution in [0.1, 0.15) is 32.8 Å². The van der Waals surface area contributed by atoms with Crippen molar-refractivity contribution in [2.75, 3.05) is 0 Å². The number of ether oxygens (including phenoxy) is 1. The average molecular weight is 228 g/mol. The summed E-state index contributed by atoms with van der Waals surface area (Å²) in [4.78, 5) is 0. The molecule has 1 unspecified atom stereocenters. The molecule has 0 saturated heterocycles. The fraction of sp³-hybridized carbons (Fsp3) is 0.375. The Morgan fingerprint density at radius 3 is 2.47 bits per heavy atom. The van der Waals surface area contributed by atoms with E-state index in [0.29, 0.717) is 5.92 Å². The van der Waals surface area contributed by atoms with Crippen LogP contribution in [0.4, 0.5) is 0 Å². The summed E-state index contributed by atoms with van der Waals surface area (Å²) in [7, 11) is 0. The molecule has 0 N–H and O–H groups in total. The summed E-state index contributed by atoms with van der Waals surface area (Å²) in [6.45, 7) is 6.57. The van der Waals surface area contributed by atoms with E-state index in [2.05, 4.69) is 57.2 Å². The Bertz CT molecular complexity index is 437. The number of rotatable bonds is 3. The van der Waals surface area contributed by atoms with E-state index < -0.39 is 0 Å². The van der Waals surface area contributed by atoms with Crippen molar-refractivity contribution in [3.63, 3.8) is 0 Å². The van der Waals surface area contributed by atoms with Crippen LogP contribution in [0.5, 0.6) is 5.75 Å². The molecular weight excluding hydrogens is 208 g/mol. The van der Waals surface area contributed by atoms with Gasteiger partial charge in [0.25, 0.3) is 0 Å². The number of hydrogen-bond donors (Lipinski definition) is 0. The van der Waals surface area contributed by atoms with Crippen LogP contribution in [0.3, 0.4) is 0 Å². The van der Waals surface area contributed by atoms with Gasteiger partial charge in [-0.1, -0.05) is 37.6 Å². The standard InChI is InChI=1S/C16H20O/c1-4-14-6-9-15(10-7-14)17-16-8-5-12(2)13(3)11-16/h5-10,13H,4,11H2,1-3H3. The molecule has 0 amide bonds. The minimum atomic E-state index is 0.588.